The molecule has 0 saturated heterocycles. The van der Waals surface area contributed by atoms with Crippen molar-refractivity contribution in [2.24, 2.45) is 0 Å². The Labute approximate surface area is 210 Å². The zero-order chi connectivity index (χ0) is 25.1. The Morgan fingerprint density at radius 2 is 2.11 bits per heavy atom. The molecule has 0 spiro atoms. The van der Waals surface area contributed by atoms with E-state index in [1.165, 1.54) is 28.8 Å². The number of nitro benzene ring substituents is 1. The lowest BCUT2D eigenvalue weighted by molar-refractivity contribution is -0.384. The van der Waals surface area contributed by atoms with Crippen molar-refractivity contribution in [3.8, 4) is 5.75 Å². The lowest BCUT2D eigenvalue weighted by atomic mass is 10.0. The van der Waals surface area contributed by atoms with E-state index in [-0.39, 0.29) is 23.3 Å². The van der Waals surface area contributed by atoms with Gasteiger partial charge < -0.3 is 10.1 Å². The van der Waals surface area contributed by atoms with Gasteiger partial charge in [0.15, 0.2) is 5.82 Å². The third-order valence-corrected chi connectivity index (χ3v) is 6.99. The minimum Gasteiger partial charge on any atom is -0.497 e. The highest BCUT2D eigenvalue weighted by atomic mass is 35.5. The maximum Gasteiger partial charge on any atom is 0.291 e. The summed E-state index contributed by atoms with van der Waals surface area (Å²) in [6.45, 7) is 4.23. The molecule has 11 heteroatoms. The van der Waals surface area contributed by atoms with Crippen LogP contribution in [0.25, 0.3) is 11.0 Å². The fraction of sp³-hybridized carbons (Fsp3) is 0.292. The number of ether oxygens (including phenoxy) is 1. The third-order valence-electron chi connectivity index (χ3n) is 5.68. The van der Waals surface area contributed by atoms with Crippen LogP contribution in [0.3, 0.4) is 0 Å². The molecule has 9 nitrogen and oxygen atoms in total. The van der Waals surface area contributed by atoms with Gasteiger partial charge in [0.25, 0.3) is 11.2 Å². The number of methoxy groups -OCH3 is 1. The number of hydrogen-bond acceptors (Lipinski definition) is 8. The number of rotatable bonds is 9. The van der Waals surface area contributed by atoms with Gasteiger partial charge in [0.05, 0.1) is 16.6 Å². The van der Waals surface area contributed by atoms with Crippen LogP contribution in [0.15, 0.2) is 47.3 Å². The number of non-ortho nitro benzene ring substituents is 1. The first-order valence-electron chi connectivity index (χ1n) is 11.0. The van der Waals surface area contributed by atoms with E-state index in [0.717, 1.165) is 29.1 Å². The summed E-state index contributed by atoms with van der Waals surface area (Å²) in [6, 6.07) is 12.1. The summed E-state index contributed by atoms with van der Waals surface area (Å²) < 4.78 is 6.99. The van der Waals surface area contributed by atoms with Gasteiger partial charge in [0.2, 0.25) is 4.96 Å². The number of thiazole rings is 1. The van der Waals surface area contributed by atoms with Crippen LogP contribution in [0, 0.1) is 10.1 Å². The summed E-state index contributed by atoms with van der Waals surface area (Å²) in [4.78, 5) is 28.6. The van der Waals surface area contributed by atoms with E-state index in [1.54, 1.807) is 7.11 Å². The van der Waals surface area contributed by atoms with Crippen LogP contribution < -0.4 is 20.1 Å². The molecule has 2 aromatic heterocycles. The van der Waals surface area contributed by atoms with E-state index < -0.39 is 4.92 Å². The van der Waals surface area contributed by atoms with E-state index >= 15 is 0 Å². The summed E-state index contributed by atoms with van der Waals surface area (Å²) >= 11 is 7.35. The molecule has 0 amide bonds. The quantitative estimate of drug-likeness (QED) is 0.266. The van der Waals surface area contributed by atoms with Gasteiger partial charge >= 0.3 is 0 Å². The van der Waals surface area contributed by atoms with E-state index in [0.29, 0.717) is 32.3 Å². The van der Waals surface area contributed by atoms with Crippen LogP contribution in [0.1, 0.15) is 43.3 Å². The van der Waals surface area contributed by atoms with Gasteiger partial charge in [0.1, 0.15) is 5.75 Å². The minimum atomic E-state index is -0.507. The van der Waals surface area contributed by atoms with Crippen molar-refractivity contribution in [3.05, 3.63) is 89.4 Å². The molecule has 0 saturated carbocycles. The molecule has 4 aromatic rings. The second-order valence-corrected chi connectivity index (χ2v) is 9.53. The zero-order valence-electron chi connectivity index (χ0n) is 19.4. The molecule has 2 aromatic carbocycles. The maximum atomic E-state index is 13.0. The third kappa shape index (κ3) is 5.50. The lowest BCUT2D eigenvalue weighted by Gasteiger charge is -2.22. The number of fused-ring (bicyclic) bond motifs is 1. The Morgan fingerprint density at radius 1 is 1.31 bits per heavy atom. The largest absolute Gasteiger partial charge is 0.497 e. The van der Waals surface area contributed by atoms with E-state index in [9.17, 15) is 14.9 Å². The van der Waals surface area contributed by atoms with Crippen LogP contribution in [-0.4, -0.2) is 32.7 Å². The Morgan fingerprint density at radius 3 is 2.80 bits per heavy atom. The first-order chi connectivity index (χ1) is 16.8. The van der Waals surface area contributed by atoms with Crippen molar-refractivity contribution in [2.75, 3.05) is 7.11 Å². The molecular weight excluding hydrogens is 490 g/mol. The average molecular weight is 514 g/mol. The van der Waals surface area contributed by atoms with E-state index in [1.807, 2.05) is 24.3 Å². The second-order valence-electron chi connectivity index (χ2n) is 8.11. The molecule has 2 heterocycles. The number of benzene rings is 2. The maximum absolute atomic E-state index is 13.0. The predicted octanol–water partition coefficient (Wildman–Crippen LogP) is 3.94. The molecule has 0 bridgehead atoms. The van der Waals surface area contributed by atoms with Gasteiger partial charge in [-0.25, -0.2) is 4.98 Å². The van der Waals surface area contributed by atoms with Crippen LogP contribution in [-0.2, 0) is 6.42 Å². The van der Waals surface area contributed by atoms with Gasteiger partial charge in [0, 0.05) is 41.2 Å². The highest BCUT2D eigenvalue weighted by molar-refractivity contribution is 7.15. The highest BCUT2D eigenvalue weighted by Gasteiger charge is 2.19. The summed E-state index contributed by atoms with van der Waals surface area (Å²) in [7, 11) is 1.63. The summed E-state index contributed by atoms with van der Waals surface area (Å²) in [5, 5.41) is 19.5. The average Bonchev–Trinajstić information content (AvgIpc) is 3.37. The fourth-order valence-corrected chi connectivity index (χ4v) is 4.72. The summed E-state index contributed by atoms with van der Waals surface area (Å²) in [5.41, 5.74) is 0.976. The first-order valence-corrected chi connectivity index (χ1v) is 12.2. The number of nitrogens with one attached hydrogen (secondary N) is 1. The SMILES string of the molecule is CCC(C)NC(Cc1nc2s/c(=C\c3cc([N+](=O)[O-])ccc3Cl)c(=O)n2n1)c1cccc(OC)c1. The number of halogens is 1. The van der Waals surface area contributed by atoms with Crippen LogP contribution in [0.5, 0.6) is 5.75 Å². The molecule has 1 N–H and O–H groups in total. The summed E-state index contributed by atoms with van der Waals surface area (Å²) in [6.07, 6.45) is 2.97. The van der Waals surface area contributed by atoms with Crippen molar-refractivity contribution in [1.82, 2.24) is 19.9 Å². The van der Waals surface area contributed by atoms with Crippen LogP contribution >= 0.6 is 22.9 Å². The Balaban J connectivity index is 1.67. The van der Waals surface area contributed by atoms with Crippen molar-refractivity contribution in [1.29, 1.82) is 0 Å². The second kappa shape index (κ2) is 10.5. The van der Waals surface area contributed by atoms with E-state index in [2.05, 4.69) is 29.2 Å². The Hall–Kier alpha value is -3.34. The zero-order valence-corrected chi connectivity index (χ0v) is 21.0. The normalized spacial score (nSPS) is 13.8. The van der Waals surface area contributed by atoms with Crippen molar-refractivity contribution >= 4 is 39.7 Å². The Bertz CT molecular complexity index is 1490. The summed E-state index contributed by atoms with van der Waals surface area (Å²) in [5.74, 6) is 1.30. The molecule has 0 aliphatic heterocycles. The van der Waals surface area contributed by atoms with Crippen molar-refractivity contribution in [2.45, 2.75) is 38.8 Å². The van der Waals surface area contributed by atoms with Gasteiger partial charge in [-0.3, -0.25) is 14.9 Å². The monoisotopic (exact) mass is 513 g/mol. The molecule has 182 valence electrons. The fourth-order valence-electron chi connectivity index (χ4n) is 3.63. The molecule has 0 fully saturated rings. The number of nitro groups is 1. The molecular formula is C24H24ClN5O4S. The topological polar surface area (TPSA) is 112 Å². The smallest absolute Gasteiger partial charge is 0.291 e. The van der Waals surface area contributed by atoms with Crippen molar-refractivity contribution < 1.29 is 9.66 Å². The first kappa shape index (κ1) is 24.8. The molecule has 0 radical (unpaired) electrons. The molecule has 0 aliphatic carbocycles. The molecule has 0 aliphatic rings. The van der Waals surface area contributed by atoms with Crippen LogP contribution in [0.4, 0.5) is 5.69 Å². The number of hydrogen-bond donors (Lipinski definition) is 1. The number of aromatic nitrogens is 3. The number of nitrogens with zero attached hydrogens (tertiary/aromatic N) is 4. The standard InChI is InChI=1S/C24H24ClN5O4S/c1-4-14(2)26-20(15-6-5-7-18(11-15)34-3)13-22-27-24-29(28-22)23(31)21(35-24)12-16-10-17(30(32)33)8-9-19(16)25/h5-12,14,20,26H,4,13H2,1-3H3/b21-12-. The highest BCUT2D eigenvalue weighted by Crippen LogP contribution is 2.24. The van der Waals surface area contributed by atoms with Crippen LogP contribution in [0.2, 0.25) is 5.02 Å². The van der Waals surface area contributed by atoms with Gasteiger partial charge in [-0.1, -0.05) is 42.0 Å². The van der Waals surface area contributed by atoms with Gasteiger partial charge in [-0.15, -0.1) is 5.10 Å². The van der Waals surface area contributed by atoms with Gasteiger partial charge in [-0.2, -0.15) is 4.52 Å². The van der Waals surface area contributed by atoms with Crippen molar-refractivity contribution in [3.63, 3.8) is 0 Å². The molecule has 2 unspecified atom stereocenters. The molecule has 2 atom stereocenters. The molecule has 35 heavy (non-hydrogen) atoms. The van der Waals surface area contributed by atoms with Gasteiger partial charge in [-0.05, 0) is 43.2 Å². The molecule has 4 rings (SSSR count). The van der Waals surface area contributed by atoms with E-state index in [4.69, 9.17) is 16.3 Å². The minimum absolute atomic E-state index is 0.0676. The predicted molar refractivity (Wildman–Crippen MR) is 136 cm³/mol. The lowest BCUT2D eigenvalue weighted by Crippen LogP contribution is -2.31. The Kier molecular flexibility index (Phi) is 7.44.